The largest absolute Gasteiger partial charge is 0.395 e. The molecule has 2 N–H and O–H groups in total. The van der Waals surface area contributed by atoms with E-state index in [0.717, 1.165) is 0 Å². The van der Waals surface area contributed by atoms with Crippen molar-refractivity contribution in [2.45, 2.75) is 4.90 Å². The van der Waals surface area contributed by atoms with E-state index in [9.17, 15) is 13.4 Å². The van der Waals surface area contributed by atoms with Crippen LogP contribution in [-0.2, 0) is 9.71 Å². The quantitative estimate of drug-likeness (QED) is 0.645. The van der Waals surface area contributed by atoms with Gasteiger partial charge < -0.3 is 10.4 Å². The molecule has 0 spiro atoms. The Kier molecular flexibility index (Phi) is 6.81. The van der Waals surface area contributed by atoms with Crippen molar-refractivity contribution in [3.8, 4) is 0 Å². The molecule has 0 saturated heterocycles. The van der Waals surface area contributed by atoms with Gasteiger partial charge in [-0.3, -0.25) is 4.79 Å². The van der Waals surface area contributed by atoms with Crippen molar-refractivity contribution in [2.24, 2.45) is 0 Å². The molecule has 26 heavy (non-hydrogen) atoms. The Labute approximate surface area is 165 Å². The van der Waals surface area contributed by atoms with Gasteiger partial charge in [0.15, 0.2) is 0 Å². The zero-order chi connectivity index (χ0) is 19.5. The zero-order valence-corrected chi connectivity index (χ0v) is 17.0. The second-order valence-electron chi connectivity index (χ2n) is 5.44. The summed E-state index contributed by atoms with van der Waals surface area (Å²) in [5, 5.41) is 11.8. The number of amides is 1. The first-order chi connectivity index (χ1) is 12.2. The predicted octanol–water partition coefficient (Wildman–Crippen LogP) is 3.41. The maximum Gasteiger partial charge on any atom is 0.257 e. The Morgan fingerprint density at radius 3 is 2.69 bits per heavy atom. The van der Waals surface area contributed by atoms with Crippen molar-refractivity contribution in [1.82, 2.24) is 4.31 Å². The molecule has 0 aliphatic carbocycles. The summed E-state index contributed by atoms with van der Waals surface area (Å²) in [4.78, 5) is 12.8. The second kappa shape index (κ2) is 8.49. The monoisotopic (exact) mass is 462 g/mol. The van der Waals surface area contributed by atoms with Crippen LogP contribution < -0.4 is 5.32 Å². The smallest absolute Gasteiger partial charge is 0.257 e. The fourth-order valence-electron chi connectivity index (χ4n) is 2.12. The van der Waals surface area contributed by atoms with Crippen LogP contribution in [0, 0.1) is 5.82 Å². The van der Waals surface area contributed by atoms with Crippen LogP contribution in [0.2, 0.25) is 5.02 Å². The summed E-state index contributed by atoms with van der Waals surface area (Å²) in [6, 6.07) is 8.43. The highest BCUT2D eigenvalue weighted by Crippen LogP contribution is 2.25. The minimum absolute atomic E-state index is 0.110. The minimum Gasteiger partial charge on any atom is -0.395 e. The van der Waals surface area contributed by atoms with Gasteiger partial charge >= 0.3 is 0 Å². The molecule has 0 aliphatic rings. The number of aliphatic hydroxyl groups is 1. The van der Waals surface area contributed by atoms with E-state index in [2.05, 4.69) is 27.1 Å². The Bertz CT molecular complexity index is 938. The lowest BCUT2D eigenvalue weighted by molar-refractivity contribution is 0.102. The molecule has 0 aromatic heterocycles. The van der Waals surface area contributed by atoms with E-state index >= 15 is 0 Å². The molecule has 0 radical (unpaired) electrons. The Morgan fingerprint density at radius 2 is 2.08 bits per heavy atom. The number of halogens is 3. The minimum atomic E-state index is -2.88. The molecule has 0 fully saturated rings. The maximum absolute atomic E-state index is 13.3. The van der Waals surface area contributed by atoms with Gasteiger partial charge in [-0.05, 0) is 65.2 Å². The molecular weight excluding hydrogens is 447 g/mol. The summed E-state index contributed by atoms with van der Waals surface area (Å²) in [6.07, 6.45) is 0. The van der Waals surface area contributed by atoms with E-state index in [1.165, 1.54) is 40.7 Å². The van der Waals surface area contributed by atoms with Crippen molar-refractivity contribution < 1.29 is 18.5 Å². The number of likely N-dealkylation sites (N-methyl/N-ethyl adjacent to an activating group) is 1. The summed E-state index contributed by atoms with van der Waals surface area (Å²) in [5.74, 6) is 2.73. The number of anilines is 1. The fourth-order valence-corrected chi connectivity index (χ4v) is 4.02. The number of nitrogens with zero attached hydrogens (tertiary/aromatic N) is 1. The van der Waals surface area contributed by atoms with Crippen LogP contribution in [0.5, 0.6) is 0 Å². The van der Waals surface area contributed by atoms with Crippen molar-refractivity contribution in [3.63, 3.8) is 0 Å². The first kappa shape index (κ1) is 20.9. The average Bonchev–Trinajstić information content (AvgIpc) is 2.58. The molecule has 0 heterocycles. The summed E-state index contributed by atoms with van der Waals surface area (Å²) >= 11 is 9.16. The third kappa shape index (κ3) is 4.63. The summed E-state index contributed by atoms with van der Waals surface area (Å²) in [7, 11) is -1.32. The van der Waals surface area contributed by atoms with E-state index in [4.69, 9.17) is 16.7 Å². The molecule has 1 atom stereocenters. The second-order valence-corrected chi connectivity index (χ2v) is 9.08. The molecule has 2 rings (SSSR count). The van der Waals surface area contributed by atoms with Crippen LogP contribution in [0.25, 0.3) is 0 Å². The molecule has 1 unspecified atom stereocenters. The third-order valence-electron chi connectivity index (χ3n) is 3.65. The highest BCUT2D eigenvalue weighted by Gasteiger charge is 2.18. The van der Waals surface area contributed by atoms with Crippen LogP contribution in [0.15, 0.2) is 45.8 Å². The average molecular weight is 464 g/mol. The number of carbonyl (C=O) groups is 1. The first-order valence-electron chi connectivity index (χ1n) is 7.42. The number of nitrogens with one attached hydrogen (secondary N) is 1. The van der Waals surface area contributed by atoms with Crippen molar-refractivity contribution >= 4 is 54.7 Å². The highest BCUT2D eigenvalue weighted by molar-refractivity contribution is 9.10. The first-order valence-corrected chi connectivity index (χ1v) is 10.3. The molecular formula is C17H17BrClFN2O3S. The van der Waals surface area contributed by atoms with E-state index in [1.807, 2.05) is 0 Å². The van der Waals surface area contributed by atoms with Gasteiger partial charge in [-0.15, -0.1) is 0 Å². The topological polar surface area (TPSA) is 69.6 Å². The molecule has 0 aliphatic heterocycles. The molecule has 0 saturated carbocycles. The Morgan fingerprint density at radius 1 is 1.38 bits per heavy atom. The van der Waals surface area contributed by atoms with Crippen molar-refractivity contribution in [1.29, 1.82) is 0 Å². The molecule has 140 valence electrons. The van der Waals surface area contributed by atoms with Gasteiger partial charge in [0, 0.05) is 17.1 Å². The Hall–Kier alpha value is -1.45. The molecule has 1 amide bonds. The van der Waals surface area contributed by atoms with Gasteiger partial charge in [-0.25, -0.2) is 12.9 Å². The lowest BCUT2D eigenvalue weighted by Crippen LogP contribution is -2.29. The van der Waals surface area contributed by atoms with E-state index in [-0.39, 0.29) is 28.2 Å². The van der Waals surface area contributed by atoms with Gasteiger partial charge in [-0.1, -0.05) is 11.6 Å². The number of hydrogen-bond acceptors (Lipinski definition) is 3. The van der Waals surface area contributed by atoms with Gasteiger partial charge in [-0.2, -0.15) is 0 Å². The number of hydrogen-bond donors (Lipinski definition) is 2. The van der Waals surface area contributed by atoms with Gasteiger partial charge in [0.1, 0.15) is 5.82 Å². The highest BCUT2D eigenvalue weighted by atomic mass is 79.9. The normalized spacial score (nSPS) is 13.5. The lowest BCUT2D eigenvalue weighted by Gasteiger charge is -2.21. The standard InChI is InChI=1S/C17H17BrClFN2O3S/c1-22(7-8-23)26(2,25)12-4-5-15(19)13(10-12)17(24)21-11-3-6-16(20)14(18)9-11/h3-6,9-10,23H,2,7-8H2,1H3,(H,21,24). The molecule has 9 heteroatoms. The van der Waals surface area contributed by atoms with Crippen LogP contribution in [0.3, 0.4) is 0 Å². The lowest BCUT2D eigenvalue weighted by atomic mass is 10.2. The SMILES string of the molecule is C=S(=O)(c1ccc(Cl)c(C(=O)Nc2ccc(F)c(Br)c2)c1)N(C)CCO. The van der Waals surface area contributed by atoms with Gasteiger partial charge in [0.05, 0.1) is 31.4 Å². The Balaban J connectivity index is 2.34. The summed E-state index contributed by atoms with van der Waals surface area (Å²) in [5.41, 5.74) is 0.482. The zero-order valence-electron chi connectivity index (χ0n) is 13.8. The number of aliphatic hydroxyl groups excluding tert-OH is 1. The summed E-state index contributed by atoms with van der Waals surface area (Å²) in [6.45, 7) is -0.0144. The van der Waals surface area contributed by atoms with Crippen molar-refractivity contribution in [3.05, 3.63) is 57.3 Å². The molecule has 0 bridgehead atoms. The molecule has 2 aromatic rings. The number of benzene rings is 2. The van der Waals surface area contributed by atoms with Crippen LogP contribution >= 0.6 is 27.5 Å². The van der Waals surface area contributed by atoms with Crippen LogP contribution in [-0.4, -0.2) is 45.6 Å². The van der Waals surface area contributed by atoms with E-state index in [1.54, 1.807) is 7.05 Å². The van der Waals surface area contributed by atoms with Crippen LogP contribution in [0.1, 0.15) is 10.4 Å². The predicted molar refractivity (Wildman–Crippen MR) is 107 cm³/mol. The maximum atomic E-state index is 13.3. The van der Waals surface area contributed by atoms with Crippen LogP contribution in [0.4, 0.5) is 10.1 Å². The van der Waals surface area contributed by atoms with Crippen molar-refractivity contribution in [2.75, 3.05) is 25.5 Å². The number of rotatable bonds is 6. The number of carbonyl (C=O) groups excluding carboxylic acids is 1. The molecule has 5 nitrogen and oxygen atoms in total. The molecule has 2 aromatic carbocycles. The third-order valence-corrected chi connectivity index (χ3v) is 6.76. The summed E-state index contributed by atoms with van der Waals surface area (Å²) < 4.78 is 27.8. The van der Waals surface area contributed by atoms with E-state index < -0.39 is 21.4 Å². The van der Waals surface area contributed by atoms with Gasteiger partial charge in [0.25, 0.3) is 5.91 Å². The fraction of sp³-hybridized carbons (Fsp3) is 0.176. The van der Waals surface area contributed by atoms with E-state index in [0.29, 0.717) is 10.6 Å². The van der Waals surface area contributed by atoms with Gasteiger partial charge in [0.2, 0.25) is 0 Å².